The van der Waals surface area contributed by atoms with Gasteiger partial charge in [0.25, 0.3) is 5.56 Å². The molecule has 0 amide bonds. The molecular formula is C30H25BrN2O7S. The topological polar surface area (TPSA) is 109 Å². The third kappa shape index (κ3) is 5.42. The van der Waals surface area contributed by atoms with E-state index in [2.05, 4.69) is 20.9 Å². The zero-order valence-electron chi connectivity index (χ0n) is 22.6. The van der Waals surface area contributed by atoms with Gasteiger partial charge in [-0.05, 0) is 71.7 Å². The molecule has 0 saturated carbocycles. The fourth-order valence-corrected chi connectivity index (χ4v) is 6.18. The van der Waals surface area contributed by atoms with Gasteiger partial charge in [-0.25, -0.2) is 14.6 Å². The van der Waals surface area contributed by atoms with Crippen molar-refractivity contribution in [3.05, 3.63) is 107 Å². The molecule has 210 valence electrons. The first-order chi connectivity index (χ1) is 19.7. The van der Waals surface area contributed by atoms with E-state index in [0.717, 1.165) is 0 Å². The molecule has 41 heavy (non-hydrogen) atoms. The second-order valence-corrected chi connectivity index (χ2v) is 10.8. The Morgan fingerprint density at radius 2 is 1.93 bits per heavy atom. The summed E-state index contributed by atoms with van der Waals surface area (Å²) in [5, 5.41) is 0. The van der Waals surface area contributed by atoms with E-state index >= 15 is 0 Å². The summed E-state index contributed by atoms with van der Waals surface area (Å²) in [5.41, 5.74) is 2.20. The van der Waals surface area contributed by atoms with Gasteiger partial charge in [0.2, 0.25) is 0 Å². The summed E-state index contributed by atoms with van der Waals surface area (Å²) in [6.07, 6.45) is 1.64. The van der Waals surface area contributed by atoms with Crippen LogP contribution >= 0.6 is 27.3 Å². The van der Waals surface area contributed by atoms with Crippen LogP contribution < -0.4 is 19.6 Å². The van der Waals surface area contributed by atoms with Crippen LogP contribution in [-0.4, -0.2) is 37.3 Å². The highest BCUT2D eigenvalue weighted by molar-refractivity contribution is 9.10. The zero-order valence-corrected chi connectivity index (χ0v) is 25.0. The number of halogens is 1. The van der Waals surface area contributed by atoms with Gasteiger partial charge in [0.15, 0.2) is 4.80 Å². The molecule has 0 unspecified atom stereocenters. The monoisotopic (exact) mass is 636 g/mol. The molecule has 0 spiro atoms. The standard InChI is InChI=1S/C30H25BrN2O7S/c1-5-39-29(36)25-16(2)32-30-33(26(25)18-9-11-23(37-3)21(31)14-18)27(34)24(41-30)15-20-10-12-22(40-20)17-7-6-8-19(13-17)28(35)38-4/h6-15,26H,5H2,1-4H3/b24-15+/t26-/m1/s1. The van der Waals surface area contributed by atoms with Gasteiger partial charge >= 0.3 is 11.9 Å². The van der Waals surface area contributed by atoms with Gasteiger partial charge in [-0.1, -0.05) is 29.5 Å². The van der Waals surface area contributed by atoms with Crippen molar-refractivity contribution in [3.8, 4) is 17.1 Å². The number of ether oxygens (including phenoxy) is 3. The minimum atomic E-state index is -0.761. The SMILES string of the molecule is CCOC(=O)C1=C(C)N=c2s/c(=C/c3ccc(-c4cccc(C(=O)OC)c4)o3)c(=O)n2[C@@H]1c1ccc(OC)c(Br)c1. The number of carbonyl (C=O) groups is 2. The number of thiazole rings is 1. The van der Waals surface area contributed by atoms with Crippen molar-refractivity contribution in [1.29, 1.82) is 0 Å². The quantitative estimate of drug-likeness (QED) is 0.272. The van der Waals surface area contributed by atoms with E-state index in [1.165, 1.54) is 23.0 Å². The van der Waals surface area contributed by atoms with Crippen molar-refractivity contribution in [3.63, 3.8) is 0 Å². The summed E-state index contributed by atoms with van der Waals surface area (Å²) in [4.78, 5) is 43.9. The fourth-order valence-electron chi connectivity index (χ4n) is 4.59. The van der Waals surface area contributed by atoms with E-state index in [0.29, 0.717) is 53.5 Å². The Labute approximate surface area is 247 Å². The number of nitrogens with zero attached hydrogens (tertiary/aromatic N) is 2. The highest BCUT2D eigenvalue weighted by Gasteiger charge is 2.33. The third-order valence-electron chi connectivity index (χ3n) is 6.48. The Morgan fingerprint density at radius 1 is 1.12 bits per heavy atom. The molecule has 1 aliphatic heterocycles. The fraction of sp³-hybridized carbons (Fsp3) is 0.200. The maximum Gasteiger partial charge on any atom is 0.338 e. The van der Waals surface area contributed by atoms with E-state index in [4.69, 9.17) is 18.6 Å². The molecule has 5 rings (SSSR count). The third-order valence-corrected chi connectivity index (χ3v) is 8.08. The lowest BCUT2D eigenvalue weighted by Crippen LogP contribution is -2.39. The van der Waals surface area contributed by atoms with E-state index in [1.807, 2.05) is 18.2 Å². The number of hydrogen-bond acceptors (Lipinski definition) is 9. The van der Waals surface area contributed by atoms with Gasteiger partial charge in [0.05, 0.1) is 52.7 Å². The molecule has 11 heteroatoms. The van der Waals surface area contributed by atoms with E-state index in [9.17, 15) is 14.4 Å². The number of allylic oxidation sites excluding steroid dienone is 1. The highest BCUT2D eigenvalue weighted by Crippen LogP contribution is 2.35. The molecule has 0 radical (unpaired) electrons. The first kappa shape index (κ1) is 28.3. The Morgan fingerprint density at radius 3 is 2.63 bits per heavy atom. The zero-order chi connectivity index (χ0) is 29.3. The molecule has 4 aromatic rings. The van der Waals surface area contributed by atoms with Crippen molar-refractivity contribution in [2.75, 3.05) is 20.8 Å². The molecule has 0 bridgehead atoms. The van der Waals surface area contributed by atoms with Crippen LogP contribution in [-0.2, 0) is 14.3 Å². The van der Waals surface area contributed by atoms with Gasteiger partial charge < -0.3 is 18.6 Å². The van der Waals surface area contributed by atoms with Gasteiger partial charge in [-0.2, -0.15) is 0 Å². The largest absolute Gasteiger partial charge is 0.496 e. The Balaban J connectivity index is 1.61. The molecule has 0 fully saturated rings. The summed E-state index contributed by atoms with van der Waals surface area (Å²) in [6.45, 7) is 3.64. The van der Waals surface area contributed by atoms with Crippen LogP contribution in [0, 0.1) is 0 Å². The number of fused-ring (bicyclic) bond motifs is 1. The molecule has 1 atom stereocenters. The maximum absolute atomic E-state index is 13.8. The van der Waals surface area contributed by atoms with Gasteiger partial charge in [0.1, 0.15) is 17.3 Å². The number of methoxy groups -OCH3 is 2. The summed E-state index contributed by atoms with van der Waals surface area (Å²) < 4.78 is 24.1. The summed E-state index contributed by atoms with van der Waals surface area (Å²) >= 11 is 4.71. The molecule has 0 saturated heterocycles. The minimum absolute atomic E-state index is 0.183. The van der Waals surface area contributed by atoms with Crippen LogP contribution in [0.15, 0.2) is 84.5 Å². The van der Waals surface area contributed by atoms with Crippen LogP contribution in [0.4, 0.5) is 0 Å². The molecule has 2 aromatic carbocycles. The number of hydrogen-bond donors (Lipinski definition) is 0. The van der Waals surface area contributed by atoms with Crippen molar-refractivity contribution >= 4 is 45.3 Å². The first-order valence-electron chi connectivity index (χ1n) is 12.6. The second kappa shape index (κ2) is 11.7. The van der Waals surface area contributed by atoms with Crippen molar-refractivity contribution in [1.82, 2.24) is 4.57 Å². The number of carbonyl (C=O) groups excluding carboxylic acids is 2. The molecule has 3 heterocycles. The van der Waals surface area contributed by atoms with Crippen molar-refractivity contribution in [2.24, 2.45) is 4.99 Å². The van der Waals surface area contributed by atoms with Crippen molar-refractivity contribution < 1.29 is 28.2 Å². The lowest BCUT2D eigenvalue weighted by molar-refractivity contribution is -0.139. The van der Waals surface area contributed by atoms with Crippen LogP contribution in [0.25, 0.3) is 17.4 Å². The summed E-state index contributed by atoms with van der Waals surface area (Å²) in [7, 11) is 2.89. The molecular weight excluding hydrogens is 612 g/mol. The van der Waals surface area contributed by atoms with Gasteiger partial charge in [-0.15, -0.1) is 0 Å². The molecule has 9 nitrogen and oxygen atoms in total. The Kier molecular flexibility index (Phi) is 8.09. The van der Waals surface area contributed by atoms with Gasteiger partial charge in [-0.3, -0.25) is 9.36 Å². The normalized spacial score (nSPS) is 14.9. The lowest BCUT2D eigenvalue weighted by atomic mass is 9.96. The number of furan rings is 1. The van der Waals surface area contributed by atoms with Crippen LogP contribution in [0.1, 0.15) is 41.6 Å². The predicted octanol–water partition coefficient (Wildman–Crippen LogP) is 4.62. The number of aromatic nitrogens is 1. The lowest BCUT2D eigenvalue weighted by Gasteiger charge is -2.25. The smallest absolute Gasteiger partial charge is 0.338 e. The van der Waals surface area contributed by atoms with Gasteiger partial charge in [0, 0.05) is 11.6 Å². The average Bonchev–Trinajstić information content (AvgIpc) is 3.56. The molecule has 2 aromatic heterocycles. The predicted molar refractivity (Wildman–Crippen MR) is 157 cm³/mol. The van der Waals surface area contributed by atoms with Crippen molar-refractivity contribution in [2.45, 2.75) is 19.9 Å². The van der Waals surface area contributed by atoms with E-state index in [1.54, 1.807) is 63.4 Å². The second-order valence-electron chi connectivity index (χ2n) is 8.97. The Hall–Kier alpha value is -4.22. The van der Waals surface area contributed by atoms with E-state index in [-0.39, 0.29) is 17.7 Å². The molecule has 0 aliphatic carbocycles. The number of benzene rings is 2. The van der Waals surface area contributed by atoms with E-state index < -0.39 is 18.0 Å². The first-order valence-corrected chi connectivity index (χ1v) is 14.2. The maximum atomic E-state index is 13.8. The van der Waals surface area contributed by atoms with Crippen LogP contribution in [0.5, 0.6) is 5.75 Å². The summed E-state index contributed by atoms with van der Waals surface area (Å²) in [5.74, 6) is 0.598. The minimum Gasteiger partial charge on any atom is -0.496 e. The van der Waals surface area contributed by atoms with Crippen LogP contribution in [0.2, 0.25) is 0 Å². The number of rotatable bonds is 7. The molecule has 0 N–H and O–H groups in total. The average molecular weight is 638 g/mol. The Bertz CT molecular complexity index is 1880. The number of esters is 2. The molecule has 1 aliphatic rings. The highest BCUT2D eigenvalue weighted by atomic mass is 79.9. The van der Waals surface area contributed by atoms with Crippen LogP contribution in [0.3, 0.4) is 0 Å². The summed E-state index contributed by atoms with van der Waals surface area (Å²) in [6, 6.07) is 15.0.